The summed E-state index contributed by atoms with van der Waals surface area (Å²) >= 11 is 6.19. The summed E-state index contributed by atoms with van der Waals surface area (Å²) < 4.78 is 0. The predicted molar refractivity (Wildman–Crippen MR) is 154 cm³/mol. The molecule has 2 bridgehead atoms. The normalized spacial score (nSPS) is 15.1. The fourth-order valence-electron chi connectivity index (χ4n) is 4.46. The van der Waals surface area contributed by atoms with E-state index >= 15 is 0 Å². The molecule has 1 aliphatic rings. The average molecular weight is 513 g/mol. The highest BCUT2D eigenvalue weighted by molar-refractivity contribution is 7.27. The Bertz CT molecular complexity index is 1500. The van der Waals surface area contributed by atoms with Crippen molar-refractivity contribution >= 4 is 54.7 Å². The number of halogens is 1. The number of nitrogens with one attached hydrogen (secondary N) is 1. The Balaban J connectivity index is 1.61. The van der Waals surface area contributed by atoms with Crippen LogP contribution in [0.1, 0.15) is 30.5 Å². The van der Waals surface area contributed by atoms with Crippen LogP contribution in [0.5, 0.6) is 0 Å². The Morgan fingerprint density at radius 2 is 1.72 bits per heavy atom. The maximum atomic E-state index is 12.6. The third kappa shape index (κ3) is 5.13. The molecule has 3 aromatic carbocycles. The molecule has 0 saturated heterocycles. The summed E-state index contributed by atoms with van der Waals surface area (Å²) in [7, 11) is 2.79. The van der Waals surface area contributed by atoms with E-state index in [1.807, 2.05) is 42.6 Å². The van der Waals surface area contributed by atoms with Crippen LogP contribution in [0.25, 0.3) is 27.8 Å². The smallest absolute Gasteiger partial charge is 0.224 e. The number of pyridine rings is 1. The number of carbonyl (C=O) groups is 1. The third-order valence-corrected chi connectivity index (χ3v) is 6.79. The maximum Gasteiger partial charge on any atom is 0.224 e. The van der Waals surface area contributed by atoms with Gasteiger partial charge in [0.25, 0.3) is 0 Å². The Morgan fingerprint density at radius 1 is 0.889 bits per heavy atom. The summed E-state index contributed by atoms with van der Waals surface area (Å²) in [5.41, 5.74) is 20.8. The van der Waals surface area contributed by atoms with E-state index < -0.39 is 0 Å². The third-order valence-electron chi connectivity index (χ3n) is 6.22. The van der Waals surface area contributed by atoms with E-state index in [0.29, 0.717) is 28.5 Å². The maximum absolute atomic E-state index is 12.6. The number of hydrogen-bond donors (Lipinski definition) is 3. The van der Waals surface area contributed by atoms with Gasteiger partial charge < -0.3 is 16.8 Å². The molecule has 180 valence electrons. The molecule has 0 radical (unpaired) electrons. The van der Waals surface area contributed by atoms with Crippen LogP contribution in [-0.2, 0) is 4.79 Å². The van der Waals surface area contributed by atoms with E-state index in [2.05, 4.69) is 38.8 Å². The monoisotopic (exact) mass is 512 g/mol. The van der Waals surface area contributed by atoms with Crippen LogP contribution in [0, 0.1) is 0 Å². The number of hydrogen-bond acceptors (Lipinski definition) is 4. The molecule has 1 aromatic heterocycles. The second kappa shape index (κ2) is 10.1. The molecule has 5 nitrogen and oxygen atoms in total. The van der Waals surface area contributed by atoms with Crippen LogP contribution in [0.4, 0.5) is 17.1 Å². The van der Waals surface area contributed by atoms with Crippen LogP contribution in [-0.4, -0.2) is 10.9 Å². The van der Waals surface area contributed by atoms with Crippen molar-refractivity contribution in [1.82, 2.24) is 4.98 Å². The van der Waals surface area contributed by atoms with E-state index in [-0.39, 0.29) is 5.91 Å². The summed E-state index contributed by atoms with van der Waals surface area (Å²) in [6.45, 7) is 0. The van der Waals surface area contributed by atoms with Crippen LogP contribution in [0.3, 0.4) is 0 Å². The highest BCUT2D eigenvalue weighted by Gasteiger charge is 2.15. The number of nitrogens with zero attached hydrogens (tertiary/aromatic N) is 1. The largest absolute Gasteiger partial charge is 0.399 e. The van der Waals surface area contributed by atoms with Crippen molar-refractivity contribution in [2.75, 3.05) is 16.8 Å². The molecule has 5 rings (SSSR count). The zero-order chi connectivity index (χ0) is 25.2. The summed E-state index contributed by atoms with van der Waals surface area (Å²) in [6.07, 6.45) is 5.87. The summed E-state index contributed by atoms with van der Waals surface area (Å²) in [5.74, 6) is -0.0267. The van der Waals surface area contributed by atoms with Crippen molar-refractivity contribution in [3.63, 3.8) is 0 Å². The fourth-order valence-corrected chi connectivity index (χ4v) is 4.99. The summed E-state index contributed by atoms with van der Waals surface area (Å²) in [6, 6.07) is 21.4. The molecule has 1 atom stereocenters. The van der Waals surface area contributed by atoms with E-state index in [9.17, 15) is 4.79 Å². The Kier molecular flexibility index (Phi) is 6.77. The van der Waals surface area contributed by atoms with Crippen LogP contribution < -0.4 is 22.1 Å². The second-order valence-electron chi connectivity index (χ2n) is 8.87. The molecule has 1 amide bonds. The Morgan fingerprint density at radius 3 is 2.53 bits per heavy atom. The molecule has 5 N–H and O–H groups in total. The van der Waals surface area contributed by atoms with Crippen molar-refractivity contribution in [2.45, 2.75) is 19.3 Å². The lowest BCUT2D eigenvalue weighted by Gasteiger charge is -2.17. The van der Waals surface area contributed by atoms with Gasteiger partial charge in [-0.25, -0.2) is 0 Å². The van der Waals surface area contributed by atoms with Gasteiger partial charge in [0, 0.05) is 51.3 Å². The van der Waals surface area contributed by atoms with Gasteiger partial charge in [-0.2, -0.15) is 0 Å². The first-order chi connectivity index (χ1) is 17.4. The Hall–Kier alpha value is -3.66. The zero-order valence-electron chi connectivity index (χ0n) is 19.6. The van der Waals surface area contributed by atoms with Gasteiger partial charge >= 0.3 is 0 Å². The second-order valence-corrected chi connectivity index (χ2v) is 9.97. The number of nitrogens with two attached hydrogens (primary N) is 2. The minimum atomic E-state index is -0.0267. The summed E-state index contributed by atoms with van der Waals surface area (Å²) in [5, 5.41) is 4.70. The molecule has 2 heterocycles. The predicted octanol–water partition coefficient (Wildman–Crippen LogP) is 6.29. The average Bonchev–Trinajstić information content (AvgIpc) is 2.85. The number of rotatable bonds is 2. The summed E-state index contributed by atoms with van der Waals surface area (Å²) in [4.78, 5) is 17.4. The number of nitrogen functional groups attached to an aromatic ring is 2. The van der Waals surface area contributed by atoms with Crippen molar-refractivity contribution in [1.29, 1.82) is 0 Å². The van der Waals surface area contributed by atoms with Gasteiger partial charge in [-0.1, -0.05) is 29.8 Å². The molecular formula is C29H26ClN4OP. The number of benzene rings is 3. The lowest BCUT2D eigenvalue weighted by Crippen LogP contribution is -2.12. The highest BCUT2D eigenvalue weighted by Crippen LogP contribution is 2.35. The molecule has 1 aliphatic heterocycles. The van der Waals surface area contributed by atoms with Gasteiger partial charge in [-0.05, 0) is 83.9 Å². The molecule has 4 aromatic rings. The molecule has 0 saturated carbocycles. The fraction of sp³-hybridized carbons (Fsp3) is 0.103. The van der Waals surface area contributed by atoms with Crippen molar-refractivity contribution in [3.05, 3.63) is 95.3 Å². The molecule has 36 heavy (non-hydrogen) atoms. The van der Waals surface area contributed by atoms with Crippen LogP contribution in [0.2, 0.25) is 5.02 Å². The van der Waals surface area contributed by atoms with Gasteiger partial charge in [0.15, 0.2) is 0 Å². The van der Waals surface area contributed by atoms with E-state index in [1.165, 1.54) is 0 Å². The number of allylic oxidation sites excluding steroid dienone is 1. The van der Waals surface area contributed by atoms with E-state index in [4.69, 9.17) is 28.1 Å². The van der Waals surface area contributed by atoms with Crippen molar-refractivity contribution < 1.29 is 4.79 Å². The van der Waals surface area contributed by atoms with E-state index in [1.54, 1.807) is 12.1 Å². The van der Waals surface area contributed by atoms with Crippen LogP contribution in [0.15, 0.2) is 79.0 Å². The minimum absolute atomic E-state index is 0.0267. The number of aromatic nitrogens is 1. The molecule has 0 fully saturated rings. The quantitative estimate of drug-likeness (QED) is 0.217. The molecular weight excluding hydrogens is 487 g/mol. The Labute approximate surface area is 217 Å². The molecule has 1 unspecified atom stereocenters. The minimum Gasteiger partial charge on any atom is -0.399 e. The first kappa shape index (κ1) is 24.1. The van der Waals surface area contributed by atoms with Gasteiger partial charge in [0.2, 0.25) is 5.91 Å². The van der Waals surface area contributed by atoms with Crippen molar-refractivity contribution in [2.24, 2.45) is 0 Å². The van der Waals surface area contributed by atoms with Gasteiger partial charge in [0.1, 0.15) is 0 Å². The number of amides is 1. The van der Waals surface area contributed by atoms with E-state index in [0.717, 1.165) is 57.2 Å². The van der Waals surface area contributed by atoms with Crippen molar-refractivity contribution in [3.8, 4) is 22.3 Å². The molecule has 0 aliphatic carbocycles. The number of carbonyl (C=O) groups excluding carboxylic acids is 1. The van der Waals surface area contributed by atoms with Gasteiger partial charge in [0.05, 0.1) is 11.4 Å². The molecule has 0 spiro atoms. The number of fused-ring (bicyclic) bond motifs is 4. The number of anilines is 3. The SMILES string of the molecule is Nc1ccc2c(c1)NC(=O)CCC/C=C(/c1ccc(-c3cc(Cl)ccc3N)cn1)c1cc(P)cc-2c1. The lowest BCUT2D eigenvalue weighted by molar-refractivity contribution is -0.116. The topological polar surface area (TPSA) is 94.0 Å². The highest BCUT2D eigenvalue weighted by atomic mass is 35.5. The first-order valence-electron chi connectivity index (χ1n) is 11.7. The first-order valence-corrected chi connectivity index (χ1v) is 12.7. The lowest BCUT2D eigenvalue weighted by atomic mass is 9.94. The standard InChI is InChI=1S/C29H26ClN4OP/c30-20-6-9-26(32)25(14-20)17-5-10-27(33-16-17)23-3-1-2-4-29(35)34-28-15-21(31)7-8-24(28)19-11-18(23)12-22(36)13-19/h3,5-16H,1-2,4,31-32,36H2,(H,34,35)/b23-3+. The van der Waals surface area contributed by atoms with Gasteiger partial charge in [-0.15, -0.1) is 9.24 Å². The van der Waals surface area contributed by atoms with Gasteiger partial charge in [-0.3, -0.25) is 9.78 Å². The zero-order valence-corrected chi connectivity index (χ0v) is 21.5. The molecule has 7 heteroatoms. The van der Waals surface area contributed by atoms with Crippen LogP contribution >= 0.6 is 20.8 Å².